The lowest BCUT2D eigenvalue weighted by Gasteiger charge is -2.00. The van der Waals surface area contributed by atoms with Crippen LogP contribution in [0.2, 0.25) is 0 Å². The van der Waals surface area contributed by atoms with E-state index in [-0.39, 0.29) is 56.1 Å². The van der Waals surface area contributed by atoms with E-state index >= 15 is 0 Å². The fourth-order valence-corrected chi connectivity index (χ4v) is 2.86. The van der Waals surface area contributed by atoms with E-state index in [4.69, 9.17) is 0 Å². The van der Waals surface area contributed by atoms with Crippen LogP contribution in [0.25, 0.3) is 0 Å². The molecule has 0 spiro atoms. The molecule has 0 aliphatic rings. The van der Waals surface area contributed by atoms with Gasteiger partial charge in [0.15, 0.2) is 0 Å². The second kappa shape index (κ2) is 47.0. The molecular formula is C44H92O6. The quantitative estimate of drug-likeness (QED) is 0.140. The molecule has 0 aromatic rings. The monoisotopic (exact) mass is 717 g/mol. The van der Waals surface area contributed by atoms with Gasteiger partial charge in [0.1, 0.15) is 34.7 Å². The summed E-state index contributed by atoms with van der Waals surface area (Å²) in [4.78, 5) is 64.1. The van der Waals surface area contributed by atoms with Crippen molar-refractivity contribution in [2.24, 2.45) is 35.5 Å². The minimum atomic E-state index is 0. The van der Waals surface area contributed by atoms with Crippen LogP contribution in [0, 0.1) is 35.5 Å². The van der Waals surface area contributed by atoms with Gasteiger partial charge in [-0.15, -0.1) is 0 Å². The summed E-state index contributed by atoms with van der Waals surface area (Å²) >= 11 is 0. The predicted molar refractivity (Wildman–Crippen MR) is 222 cm³/mol. The third-order valence-electron chi connectivity index (χ3n) is 7.21. The van der Waals surface area contributed by atoms with Crippen molar-refractivity contribution in [3.8, 4) is 0 Å². The van der Waals surface area contributed by atoms with E-state index in [0.717, 1.165) is 70.6 Å². The van der Waals surface area contributed by atoms with Gasteiger partial charge in [-0.05, 0) is 32.6 Å². The first kappa shape index (κ1) is 66.3. The van der Waals surface area contributed by atoms with Gasteiger partial charge in [-0.2, -0.15) is 0 Å². The minimum absolute atomic E-state index is 0. The van der Waals surface area contributed by atoms with Crippen LogP contribution in [0.5, 0.6) is 0 Å². The highest BCUT2D eigenvalue weighted by Gasteiger charge is 2.06. The van der Waals surface area contributed by atoms with Crippen molar-refractivity contribution in [1.29, 1.82) is 0 Å². The number of Topliss-reactive ketones (excluding diaryl/α,β-unsaturated/α-hetero) is 6. The number of unbranched alkanes of at least 4 members (excludes halogenated alkanes) is 3. The van der Waals surface area contributed by atoms with Crippen LogP contribution in [0.3, 0.4) is 0 Å². The van der Waals surface area contributed by atoms with Crippen molar-refractivity contribution in [2.75, 3.05) is 0 Å². The smallest absolute Gasteiger partial charge is 0.135 e. The number of ketones is 6. The van der Waals surface area contributed by atoms with Crippen LogP contribution in [0.1, 0.15) is 217 Å². The Labute approximate surface area is 314 Å². The fourth-order valence-electron chi connectivity index (χ4n) is 2.86. The minimum Gasteiger partial charge on any atom is -0.300 e. The zero-order chi connectivity index (χ0) is 39.4. The molecule has 0 atom stereocenters. The van der Waals surface area contributed by atoms with Gasteiger partial charge in [0.25, 0.3) is 0 Å². The highest BCUT2D eigenvalue weighted by Crippen LogP contribution is 2.05. The first-order chi connectivity index (χ1) is 22.0. The average molecular weight is 717 g/mol. The second-order valence-electron chi connectivity index (χ2n) is 14.3. The maximum Gasteiger partial charge on any atom is 0.135 e. The average Bonchev–Trinajstić information content (AvgIpc) is 3.01. The van der Waals surface area contributed by atoms with Gasteiger partial charge in [0.05, 0.1) is 0 Å². The van der Waals surface area contributed by atoms with Crippen molar-refractivity contribution in [3.05, 3.63) is 0 Å². The predicted octanol–water partition coefficient (Wildman–Crippen LogP) is 13.3. The molecule has 6 heteroatoms. The molecule has 0 aromatic heterocycles. The summed E-state index contributed by atoms with van der Waals surface area (Å²) in [5.41, 5.74) is 0. The van der Waals surface area contributed by atoms with E-state index < -0.39 is 0 Å². The molecule has 0 aliphatic carbocycles. The molecule has 50 heavy (non-hydrogen) atoms. The van der Waals surface area contributed by atoms with Gasteiger partial charge in [-0.3, -0.25) is 28.8 Å². The van der Waals surface area contributed by atoms with Gasteiger partial charge >= 0.3 is 0 Å². The number of carbonyl (C=O) groups excluding carboxylic acids is 6. The van der Waals surface area contributed by atoms with E-state index in [1.54, 1.807) is 6.92 Å². The molecule has 0 saturated carbocycles. The van der Waals surface area contributed by atoms with Crippen molar-refractivity contribution >= 4 is 34.7 Å². The standard InChI is InChI=1S/3C8H16O.C7H14O.C6H12O.C5H10O.2CH4/c3*1-4-5-6-8(9)7(2)3;1-4-5-7(8)6(2)3;1-4-6(7)5(2)3;1-4(2)5(3)6;;/h3*7H,4-6H2,1-3H3;6H,4-5H2,1-3H3;5H,4H2,1-3H3;4H,1-3H3;2*1H4. The molecule has 0 aromatic carbocycles. The molecule has 0 heterocycles. The zero-order valence-corrected chi connectivity index (χ0v) is 35.4. The largest absolute Gasteiger partial charge is 0.300 e. The van der Waals surface area contributed by atoms with Crippen molar-refractivity contribution in [3.63, 3.8) is 0 Å². The van der Waals surface area contributed by atoms with Gasteiger partial charge in [-0.25, -0.2) is 0 Å². The molecule has 0 fully saturated rings. The Kier molecular flexibility index (Phi) is 62.3. The summed E-state index contributed by atoms with van der Waals surface area (Å²) < 4.78 is 0. The molecule has 0 bridgehead atoms. The molecule has 0 saturated heterocycles. The molecule has 0 unspecified atom stereocenters. The Hall–Kier alpha value is -1.98. The van der Waals surface area contributed by atoms with Gasteiger partial charge < -0.3 is 0 Å². The lowest BCUT2D eigenvalue weighted by Crippen LogP contribution is -2.05. The van der Waals surface area contributed by atoms with E-state index in [9.17, 15) is 28.8 Å². The van der Waals surface area contributed by atoms with E-state index in [1.165, 1.54) is 0 Å². The molecule has 0 aliphatic heterocycles. The van der Waals surface area contributed by atoms with Crippen LogP contribution in [-0.4, -0.2) is 34.7 Å². The Morgan fingerprint density at radius 2 is 0.540 bits per heavy atom. The highest BCUT2D eigenvalue weighted by atomic mass is 16.1. The number of rotatable bonds is 18. The van der Waals surface area contributed by atoms with Crippen LogP contribution < -0.4 is 0 Å². The lowest BCUT2D eigenvalue weighted by molar-refractivity contribution is -0.122. The van der Waals surface area contributed by atoms with Gasteiger partial charge in [0.2, 0.25) is 0 Å². The molecule has 0 amide bonds. The Balaban J connectivity index is -0.0000000704. The molecule has 0 radical (unpaired) electrons. The van der Waals surface area contributed by atoms with Crippen molar-refractivity contribution < 1.29 is 28.8 Å². The maximum atomic E-state index is 10.9. The number of carbonyl (C=O) groups is 6. The zero-order valence-electron chi connectivity index (χ0n) is 35.4. The van der Waals surface area contributed by atoms with Gasteiger partial charge in [0, 0.05) is 67.6 Å². The highest BCUT2D eigenvalue weighted by molar-refractivity contribution is 5.81. The first-order valence-corrected chi connectivity index (χ1v) is 19.2. The van der Waals surface area contributed by atoms with Gasteiger partial charge in [-0.1, -0.05) is 152 Å². The van der Waals surface area contributed by atoms with Crippen LogP contribution in [-0.2, 0) is 28.8 Å². The molecule has 304 valence electrons. The topological polar surface area (TPSA) is 102 Å². The summed E-state index contributed by atoms with van der Waals surface area (Å²) in [5, 5.41) is 0. The number of hydrogen-bond acceptors (Lipinski definition) is 6. The van der Waals surface area contributed by atoms with E-state index in [1.807, 2.05) is 96.9 Å². The number of hydrogen-bond donors (Lipinski definition) is 0. The summed E-state index contributed by atoms with van der Waals surface area (Å²) in [6.45, 7) is 35.1. The molecular weight excluding hydrogens is 624 g/mol. The van der Waals surface area contributed by atoms with E-state index in [2.05, 4.69) is 20.8 Å². The van der Waals surface area contributed by atoms with Crippen molar-refractivity contribution in [1.82, 2.24) is 0 Å². The van der Waals surface area contributed by atoms with E-state index in [0.29, 0.717) is 35.3 Å². The molecule has 6 nitrogen and oxygen atoms in total. The summed E-state index contributed by atoms with van der Waals surface area (Å²) in [7, 11) is 0. The summed E-state index contributed by atoms with van der Waals surface area (Å²) in [6.07, 6.45) is 11.3. The van der Waals surface area contributed by atoms with Crippen molar-refractivity contribution in [2.45, 2.75) is 217 Å². The first-order valence-electron chi connectivity index (χ1n) is 19.2. The Bertz CT molecular complexity index is 731. The SMILES string of the molecule is C.C.CC(=O)C(C)C.CCC(=O)C(C)C.CCCC(=O)C(C)C.CCCCC(=O)C(C)C.CCCCC(=O)C(C)C.CCCCC(=O)C(C)C. The second-order valence-corrected chi connectivity index (χ2v) is 14.3. The summed E-state index contributed by atoms with van der Waals surface area (Å²) in [5.74, 6) is 3.56. The molecule has 0 rings (SSSR count). The summed E-state index contributed by atoms with van der Waals surface area (Å²) in [6, 6.07) is 0. The molecule has 0 N–H and O–H groups in total. The van der Waals surface area contributed by atoms with Crippen LogP contribution in [0.15, 0.2) is 0 Å². The lowest BCUT2D eigenvalue weighted by atomic mass is 10.0. The Morgan fingerprint density at radius 1 is 0.340 bits per heavy atom. The normalized spacial score (nSPS) is 9.60. The van der Waals surface area contributed by atoms with Crippen LogP contribution in [0.4, 0.5) is 0 Å². The van der Waals surface area contributed by atoms with Crippen LogP contribution >= 0.6 is 0 Å². The Morgan fingerprint density at radius 3 is 0.620 bits per heavy atom. The maximum absolute atomic E-state index is 10.9. The third kappa shape index (κ3) is 61.3. The third-order valence-corrected chi connectivity index (χ3v) is 7.21. The fraction of sp³-hybridized carbons (Fsp3) is 0.864.